The topological polar surface area (TPSA) is 37.3 Å². The van der Waals surface area contributed by atoms with Gasteiger partial charge in [0.1, 0.15) is 0 Å². The fraction of sp³-hybridized carbons (Fsp3) is 0.800. The van der Waals surface area contributed by atoms with Gasteiger partial charge in [0.15, 0.2) is 7.37 Å². The van der Waals surface area contributed by atoms with E-state index in [0.717, 1.165) is 19.3 Å². The smallest absolute Gasteiger partial charge is 0.200 e. The SMILES string of the molecule is CCCCC/C=C\C/C=C\CCCCCCCCP(=O)(O)CC. The van der Waals surface area contributed by atoms with Gasteiger partial charge in [0.25, 0.3) is 0 Å². The molecule has 0 heterocycles. The first-order valence-electron chi connectivity index (χ1n) is 9.73. The minimum atomic E-state index is -2.78. The second-order valence-corrected chi connectivity index (χ2v) is 9.24. The van der Waals surface area contributed by atoms with E-state index in [1.165, 1.54) is 57.8 Å². The molecule has 3 heteroatoms. The van der Waals surface area contributed by atoms with E-state index in [1.807, 2.05) is 0 Å². The van der Waals surface area contributed by atoms with Crippen LogP contribution in [-0.4, -0.2) is 17.2 Å². The number of allylic oxidation sites excluding steroid dienone is 4. The number of unbranched alkanes of at least 4 members (excludes halogenated alkanes) is 9. The van der Waals surface area contributed by atoms with E-state index in [9.17, 15) is 9.46 Å². The van der Waals surface area contributed by atoms with Crippen molar-refractivity contribution in [3.05, 3.63) is 24.3 Å². The van der Waals surface area contributed by atoms with Gasteiger partial charge in [-0.25, -0.2) is 0 Å². The Balaban J connectivity index is 3.27. The number of rotatable bonds is 16. The van der Waals surface area contributed by atoms with Crippen LogP contribution in [0.1, 0.15) is 90.9 Å². The van der Waals surface area contributed by atoms with Crippen LogP contribution in [-0.2, 0) is 4.57 Å². The van der Waals surface area contributed by atoms with E-state index < -0.39 is 7.37 Å². The van der Waals surface area contributed by atoms with Crippen molar-refractivity contribution in [2.45, 2.75) is 90.9 Å². The lowest BCUT2D eigenvalue weighted by Gasteiger charge is -2.07. The summed E-state index contributed by atoms with van der Waals surface area (Å²) in [6.45, 7) is 4.04. The van der Waals surface area contributed by atoms with Crippen LogP contribution in [0.2, 0.25) is 0 Å². The van der Waals surface area contributed by atoms with E-state index in [4.69, 9.17) is 0 Å². The molecule has 1 unspecified atom stereocenters. The minimum Gasteiger partial charge on any atom is -0.344 e. The highest BCUT2D eigenvalue weighted by molar-refractivity contribution is 7.57. The van der Waals surface area contributed by atoms with Crippen molar-refractivity contribution in [3.8, 4) is 0 Å². The fourth-order valence-electron chi connectivity index (χ4n) is 2.51. The third-order valence-corrected chi connectivity index (χ3v) is 6.21. The zero-order chi connectivity index (χ0) is 17.2. The van der Waals surface area contributed by atoms with Crippen molar-refractivity contribution < 1.29 is 9.46 Å². The van der Waals surface area contributed by atoms with Crippen molar-refractivity contribution in [2.75, 3.05) is 12.3 Å². The maximum atomic E-state index is 11.5. The first-order valence-corrected chi connectivity index (χ1v) is 11.8. The van der Waals surface area contributed by atoms with Crippen molar-refractivity contribution in [1.29, 1.82) is 0 Å². The molecular formula is C20H39O2P. The molecule has 0 rings (SSSR count). The van der Waals surface area contributed by atoms with E-state index in [-0.39, 0.29) is 0 Å². The van der Waals surface area contributed by atoms with Gasteiger partial charge in [0, 0.05) is 12.3 Å². The second-order valence-electron chi connectivity index (χ2n) is 6.47. The Morgan fingerprint density at radius 1 is 0.739 bits per heavy atom. The van der Waals surface area contributed by atoms with Crippen molar-refractivity contribution in [1.82, 2.24) is 0 Å². The van der Waals surface area contributed by atoms with Crippen LogP contribution in [0.5, 0.6) is 0 Å². The summed E-state index contributed by atoms with van der Waals surface area (Å²) in [5, 5.41) is 0. The molecule has 0 aliphatic carbocycles. The normalized spacial score (nSPS) is 14.7. The average molecular weight is 343 g/mol. The predicted molar refractivity (Wildman–Crippen MR) is 105 cm³/mol. The van der Waals surface area contributed by atoms with Gasteiger partial charge in [-0.2, -0.15) is 0 Å². The molecule has 136 valence electrons. The highest BCUT2D eigenvalue weighted by atomic mass is 31.2. The third-order valence-electron chi connectivity index (χ3n) is 4.20. The molecule has 0 fully saturated rings. The van der Waals surface area contributed by atoms with Crippen LogP contribution in [0.3, 0.4) is 0 Å². The van der Waals surface area contributed by atoms with Gasteiger partial charge in [-0.15, -0.1) is 0 Å². The molecular weight excluding hydrogens is 303 g/mol. The molecule has 0 bridgehead atoms. The van der Waals surface area contributed by atoms with Crippen molar-refractivity contribution in [2.24, 2.45) is 0 Å². The lowest BCUT2D eigenvalue weighted by atomic mass is 10.1. The molecule has 0 saturated carbocycles. The summed E-state index contributed by atoms with van der Waals surface area (Å²) in [4.78, 5) is 9.48. The monoisotopic (exact) mass is 342 g/mol. The van der Waals surface area contributed by atoms with Crippen LogP contribution in [0.25, 0.3) is 0 Å². The zero-order valence-electron chi connectivity index (χ0n) is 15.5. The van der Waals surface area contributed by atoms with Crippen LogP contribution >= 0.6 is 7.37 Å². The quantitative estimate of drug-likeness (QED) is 0.185. The van der Waals surface area contributed by atoms with Crippen LogP contribution < -0.4 is 0 Å². The first kappa shape index (κ1) is 22.7. The molecule has 0 aromatic heterocycles. The lowest BCUT2D eigenvalue weighted by molar-refractivity contribution is 0.475. The first-order chi connectivity index (χ1) is 11.1. The van der Waals surface area contributed by atoms with E-state index in [1.54, 1.807) is 6.92 Å². The summed E-state index contributed by atoms with van der Waals surface area (Å²) < 4.78 is 11.5. The van der Waals surface area contributed by atoms with E-state index in [2.05, 4.69) is 31.2 Å². The summed E-state index contributed by atoms with van der Waals surface area (Å²) in [7, 11) is -2.78. The molecule has 1 atom stereocenters. The van der Waals surface area contributed by atoms with Gasteiger partial charge in [-0.3, -0.25) is 4.57 Å². The molecule has 0 aromatic carbocycles. The molecule has 23 heavy (non-hydrogen) atoms. The molecule has 0 aliphatic rings. The molecule has 0 spiro atoms. The summed E-state index contributed by atoms with van der Waals surface area (Å²) in [6, 6.07) is 0. The van der Waals surface area contributed by atoms with Gasteiger partial charge < -0.3 is 4.89 Å². The van der Waals surface area contributed by atoms with Gasteiger partial charge in [-0.1, -0.05) is 76.7 Å². The highest BCUT2D eigenvalue weighted by Crippen LogP contribution is 2.40. The number of hydrogen-bond acceptors (Lipinski definition) is 1. The van der Waals surface area contributed by atoms with Gasteiger partial charge in [0.2, 0.25) is 0 Å². The zero-order valence-corrected chi connectivity index (χ0v) is 16.4. The van der Waals surface area contributed by atoms with Crippen LogP contribution in [0.15, 0.2) is 24.3 Å². The standard InChI is InChI=1S/C20H39O2P/c1-3-5-6-7-8-9-10-11-12-13-14-15-16-17-18-19-20-23(21,22)4-2/h8-9,11-12H,3-7,10,13-20H2,1-2H3,(H,21,22)/b9-8-,12-11-. The maximum absolute atomic E-state index is 11.5. The van der Waals surface area contributed by atoms with Crippen LogP contribution in [0.4, 0.5) is 0 Å². The van der Waals surface area contributed by atoms with Crippen LogP contribution in [0, 0.1) is 0 Å². The summed E-state index contributed by atoms with van der Waals surface area (Å²) >= 11 is 0. The Labute approximate surface area is 144 Å². The Bertz CT molecular complexity index is 348. The predicted octanol–water partition coefficient (Wildman–Crippen LogP) is 7.09. The largest absolute Gasteiger partial charge is 0.344 e. The summed E-state index contributed by atoms with van der Waals surface area (Å²) in [6.07, 6.45) is 24.6. The fourth-order valence-corrected chi connectivity index (χ4v) is 3.54. The highest BCUT2D eigenvalue weighted by Gasteiger charge is 2.13. The molecule has 1 N–H and O–H groups in total. The van der Waals surface area contributed by atoms with Crippen molar-refractivity contribution >= 4 is 7.37 Å². The Morgan fingerprint density at radius 3 is 1.83 bits per heavy atom. The molecule has 0 aliphatic heterocycles. The van der Waals surface area contributed by atoms with E-state index in [0.29, 0.717) is 12.3 Å². The van der Waals surface area contributed by atoms with E-state index >= 15 is 0 Å². The van der Waals surface area contributed by atoms with Gasteiger partial charge >= 0.3 is 0 Å². The Kier molecular flexibility index (Phi) is 16.3. The minimum absolute atomic E-state index is 0.424. The Hall–Kier alpha value is -0.330. The van der Waals surface area contributed by atoms with Crippen molar-refractivity contribution in [3.63, 3.8) is 0 Å². The average Bonchev–Trinajstić information content (AvgIpc) is 2.54. The Morgan fingerprint density at radius 2 is 1.26 bits per heavy atom. The third kappa shape index (κ3) is 17.9. The maximum Gasteiger partial charge on any atom is 0.200 e. The summed E-state index contributed by atoms with van der Waals surface area (Å²) in [5.74, 6) is 0. The molecule has 0 saturated heterocycles. The van der Waals surface area contributed by atoms with Gasteiger partial charge in [0.05, 0.1) is 0 Å². The van der Waals surface area contributed by atoms with Gasteiger partial charge in [-0.05, 0) is 38.5 Å². The second kappa shape index (κ2) is 16.5. The molecule has 0 amide bonds. The summed E-state index contributed by atoms with van der Waals surface area (Å²) in [5.41, 5.74) is 0. The molecule has 0 radical (unpaired) electrons. The molecule has 0 aromatic rings. The lowest BCUT2D eigenvalue weighted by Crippen LogP contribution is -1.91. The number of hydrogen-bond donors (Lipinski definition) is 1. The molecule has 2 nitrogen and oxygen atoms in total.